The van der Waals surface area contributed by atoms with Crippen molar-refractivity contribution in [3.05, 3.63) is 0 Å². The topological polar surface area (TPSA) is 54.4 Å². The lowest BCUT2D eigenvalue weighted by molar-refractivity contribution is -0.159. The number of Topliss-reactive ketones (excluding diaryl/α,β-unsaturated/α-hetero) is 1. The van der Waals surface area contributed by atoms with Crippen LogP contribution in [0.4, 0.5) is 0 Å². The van der Waals surface area contributed by atoms with E-state index in [1.54, 1.807) is 6.92 Å². The Balaban J connectivity index is 2.31. The molecule has 3 aliphatic rings. The predicted molar refractivity (Wildman–Crippen MR) is 55.3 cm³/mol. The Bertz CT molecular complexity index is 297. The molecule has 1 N–H and O–H groups in total. The van der Waals surface area contributed by atoms with Gasteiger partial charge >= 0.3 is 5.97 Å². The van der Waals surface area contributed by atoms with Gasteiger partial charge in [-0.25, -0.2) is 0 Å². The Morgan fingerprint density at radius 3 is 2.33 bits per heavy atom. The number of hydrogen-bond acceptors (Lipinski definition) is 2. The fourth-order valence-corrected chi connectivity index (χ4v) is 3.79. The number of carbonyl (C=O) groups excluding carboxylic acids is 1. The van der Waals surface area contributed by atoms with E-state index in [1.807, 2.05) is 0 Å². The first kappa shape index (κ1) is 10.7. The molecule has 3 fully saturated rings. The quantitative estimate of drug-likeness (QED) is 0.758. The zero-order valence-corrected chi connectivity index (χ0v) is 9.27. The van der Waals surface area contributed by atoms with Crippen LogP contribution in [0.3, 0.4) is 0 Å². The molecule has 0 saturated heterocycles. The number of ketones is 1. The number of rotatable bonds is 2. The summed E-state index contributed by atoms with van der Waals surface area (Å²) in [6.45, 7) is 3.71. The molecule has 2 bridgehead atoms. The van der Waals surface area contributed by atoms with Gasteiger partial charge in [-0.2, -0.15) is 0 Å². The first-order valence-corrected chi connectivity index (χ1v) is 5.75. The Kier molecular flexibility index (Phi) is 2.57. The molecule has 0 aromatic heterocycles. The first-order chi connectivity index (χ1) is 7.02. The summed E-state index contributed by atoms with van der Waals surface area (Å²) >= 11 is 0. The van der Waals surface area contributed by atoms with Crippen molar-refractivity contribution in [3.8, 4) is 0 Å². The van der Waals surface area contributed by atoms with E-state index in [2.05, 4.69) is 6.92 Å². The van der Waals surface area contributed by atoms with Crippen LogP contribution in [0, 0.1) is 29.6 Å². The van der Waals surface area contributed by atoms with Crippen molar-refractivity contribution in [2.75, 3.05) is 0 Å². The molecule has 0 radical (unpaired) electrons. The molecule has 15 heavy (non-hydrogen) atoms. The Labute approximate surface area is 89.9 Å². The average molecular weight is 210 g/mol. The second-order valence-corrected chi connectivity index (χ2v) is 5.21. The van der Waals surface area contributed by atoms with Gasteiger partial charge in [0.25, 0.3) is 0 Å². The van der Waals surface area contributed by atoms with Crippen molar-refractivity contribution in [1.82, 2.24) is 0 Å². The molecule has 3 nitrogen and oxygen atoms in total. The van der Waals surface area contributed by atoms with E-state index in [4.69, 9.17) is 0 Å². The number of aliphatic carboxylic acids is 1. The van der Waals surface area contributed by atoms with Gasteiger partial charge in [-0.1, -0.05) is 6.92 Å². The molecule has 3 rings (SSSR count). The van der Waals surface area contributed by atoms with Crippen molar-refractivity contribution >= 4 is 11.8 Å². The van der Waals surface area contributed by atoms with E-state index in [-0.39, 0.29) is 17.6 Å². The lowest BCUT2D eigenvalue weighted by atomic mass is 9.54. The van der Waals surface area contributed by atoms with E-state index in [1.165, 1.54) is 0 Å². The molecule has 0 aromatic carbocycles. The third kappa shape index (κ3) is 1.58. The molecular weight excluding hydrogens is 192 g/mol. The lowest BCUT2D eigenvalue weighted by Gasteiger charge is -2.49. The van der Waals surface area contributed by atoms with E-state index in [0.717, 1.165) is 19.3 Å². The lowest BCUT2D eigenvalue weighted by Crippen LogP contribution is -2.50. The van der Waals surface area contributed by atoms with Crippen LogP contribution in [0.15, 0.2) is 0 Å². The number of carboxylic acids is 1. The van der Waals surface area contributed by atoms with Crippen LogP contribution in [-0.2, 0) is 9.59 Å². The summed E-state index contributed by atoms with van der Waals surface area (Å²) in [6, 6.07) is 0. The van der Waals surface area contributed by atoms with Crippen molar-refractivity contribution < 1.29 is 14.7 Å². The van der Waals surface area contributed by atoms with Gasteiger partial charge < -0.3 is 5.11 Å². The van der Waals surface area contributed by atoms with Gasteiger partial charge in [-0.3, -0.25) is 9.59 Å². The molecule has 0 aromatic rings. The first-order valence-electron chi connectivity index (χ1n) is 5.75. The number of carboxylic acid groups (broad SMARTS) is 1. The second-order valence-electron chi connectivity index (χ2n) is 5.21. The predicted octanol–water partition coefficient (Wildman–Crippen LogP) is 1.96. The summed E-state index contributed by atoms with van der Waals surface area (Å²) in [5, 5.41) is 9.21. The molecule has 3 heteroatoms. The monoisotopic (exact) mass is 210 g/mol. The van der Waals surface area contributed by atoms with Crippen molar-refractivity contribution in [2.24, 2.45) is 29.6 Å². The molecule has 0 spiro atoms. The third-order valence-corrected chi connectivity index (χ3v) is 4.39. The molecule has 0 heterocycles. The molecule has 84 valence electrons. The van der Waals surface area contributed by atoms with Crippen molar-refractivity contribution in [1.29, 1.82) is 0 Å². The van der Waals surface area contributed by atoms with Crippen LogP contribution in [-0.4, -0.2) is 16.9 Å². The molecule has 3 aliphatic carbocycles. The minimum absolute atomic E-state index is 0.0728. The summed E-state index contributed by atoms with van der Waals surface area (Å²) in [5.41, 5.74) is 0. The number of fused-ring (bicyclic) bond motifs is 3. The average Bonchev–Trinajstić information content (AvgIpc) is 2.16. The second kappa shape index (κ2) is 3.62. The summed E-state index contributed by atoms with van der Waals surface area (Å²) < 4.78 is 0. The van der Waals surface area contributed by atoms with E-state index < -0.39 is 11.9 Å². The summed E-state index contributed by atoms with van der Waals surface area (Å²) in [6.07, 6.45) is 3.03. The van der Waals surface area contributed by atoms with Crippen LogP contribution in [0.1, 0.15) is 33.1 Å². The van der Waals surface area contributed by atoms with E-state index in [0.29, 0.717) is 11.8 Å². The Morgan fingerprint density at radius 1 is 1.20 bits per heavy atom. The maximum absolute atomic E-state index is 11.6. The minimum atomic E-state index is -0.767. The Morgan fingerprint density at radius 2 is 1.87 bits per heavy atom. The van der Waals surface area contributed by atoms with Crippen LogP contribution >= 0.6 is 0 Å². The Hall–Kier alpha value is -0.860. The van der Waals surface area contributed by atoms with Gasteiger partial charge in [0.05, 0.1) is 5.92 Å². The molecule has 0 amide bonds. The van der Waals surface area contributed by atoms with Gasteiger partial charge in [0.2, 0.25) is 0 Å². The van der Waals surface area contributed by atoms with E-state index >= 15 is 0 Å². The SMILES string of the molecule is CC(=O)C1C2CCC(CC2C)C1C(=O)O. The molecule has 5 unspecified atom stereocenters. The maximum Gasteiger partial charge on any atom is 0.307 e. The van der Waals surface area contributed by atoms with Gasteiger partial charge in [-0.15, -0.1) is 0 Å². The maximum atomic E-state index is 11.6. The molecule has 0 aliphatic heterocycles. The highest BCUT2D eigenvalue weighted by Crippen LogP contribution is 2.51. The normalized spacial score (nSPS) is 44.0. The van der Waals surface area contributed by atoms with Crippen LogP contribution in [0.2, 0.25) is 0 Å². The minimum Gasteiger partial charge on any atom is -0.481 e. The molecular formula is C12H18O3. The highest BCUT2D eigenvalue weighted by atomic mass is 16.4. The van der Waals surface area contributed by atoms with Gasteiger partial charge in [0, 0.05) is 5.92 Å². The zero-order valence-electron chi connectivity index (χ0n) is 9.27. The summed E-state index contributed by atoms with van der Waals surface area (Å²) in [7, 11) is 0. The smallest absolute Gasteiger partial charge is 0.307 e. The fourth-order valence-electron chi connectivity index (χ4n) is 3.79. The van der Waals surface area contributed by atoms with E-state index in [9.17, 15) is 14.7 Å². The number of carbonyl (C=O) groups is 2. The van der Waals surface area contributed by atoms with Crippen molar-refractivity contribution in [3.63, 3.8) is 0 Å². The highest BCUT2D eigenvalue weighted by molar-refractivity contribution is 5.85. The van der Waals surface area contributed by atoms with Gasteiger partial charge in [0.1, 0.15) is 5.78 Å². The zero-order chi connectivity index (χ0) is 11.2. The van der Waals surface area contributed by atoms with Gasteiger partial charge in [0.15, 0.2) is 0 Å². The summed E-state index contributed by atoms with van der Waals surface area (Å²) in [5.74, 6) is -0.249. The number of hydrogen-bond donors (Lipinski definition) is 1. The third-order valence-electron chi connectivity index (χ3n) is 4.39. The largest absolute Gasteiger partial charge is 0.481 e. The van der Waals surface area contributed by atoms with Crippen LogP contribution in [0.5, 0.6) is 0 Å². The van der Waals surface area contributed by atoms with Crippen molar-refractivity contribution in [2.45, 2.75) is 33.1 Å². The molecule has 3 saturated carbocycles. The fraction of sp³-hybridized carbons (Fsp3) is 0.833. The summed E-state index contributed by atoms with van der Waals surface area (Å²) in [4.78, 5) is 22.8. The molecule has 5 atom stereocenters. The highest BCUT2D eigenvalue weighted by Gasteiger charge is 2.51. The van der Waals surface area contributed by atoms with Gasteiger partial charge in [-0.05, 0) is 43.9 Å². The van der Waals surface area contributed by atoms with Crippen LogP contribution in [0.25, 0.3) is 0 Å². The standard InChI is InChI=1S/C12H18O3/c1-6-5-8-3-4-9(6)10(7(2)13)11(8)12(14)15/h6,8-11H,3-5H2,1-2H3,(H,14,15). The van der Waals surface area contributed by atoms with Crippen LogP contribution < -0.4 is 0 Å².